The Morgan fingerprint density at radius 3 is 2.27 bits per heavy atom. The predicted molar refractivity (Wildman–Crippen MR) is 111 cm³/mol. The van der Waals surface area contributed by atoms with E-state index in [1.165, 1.54) is 0 Å². The Balaban J connectivity index is 0.00000256. The summed E-state index contributed by atoms with van der Waals surface area (Å²) >= 11 is 0. The summed E-state index contributed by atoms with van der Waals surface area (Å²) in [6, 6.07) is 31.0. The standard InChI is InChI=1S/C25H20N2O2.Pt/c1-25(2,19-10-8-13-21(18-19)29-23-15-6-7-17-26-23)22-14-9-16-24(27-22)28-20-11-4-3-5-12-20;/h3-11,13-17H,1-2H3;/q-2;+2. The Labute approximate surface area is 191 Å². The van der Waals surface area contributed by atoms with Gasteiger partial charge in [-0.05, 0) is 12.1 Å². The molecule has 2 aromatic heterocycles. The minimum absolute atomic E-state index is 0. The van der Waals surface area contributed by atoms with Gasteiger partial charge in [0.25, 0.3) is 0 Å². The normalized spacial score (nSPS) is 10.7. The first-order valence-corrected chi connectivity index (χ1v) is 9.35. The van der Waals surface area contributed by atoms with Crippen LogP contribution in [0.15, 0.2) is 85.1 Å². The zero-order chi connectivity index (χ0) is 20.1. The molecule has 0 aliphatic rings. The maximum absolute atomic E-state index is 5.84. The van der Waals surface area contributed by atoms with Crippen LogP contribution >= 0.6 is 0 Å². The first kappa shape index (κ1) is 21.7. The predicted octanol–water partition coefficient (Wildman–Crippen LogP) is 5.98. The van der Waals surface area contributed by atoms with E-state index in [9.17, 15) is 0 Å². The van der Waals surface area contributed by atoms with Crippen molar-refractivity contribution in [3.63, 3.8) is 0 Å². The molecule has 4 aromatic rings. The Kier molecular flexibility index (Phi) is 7.02. The molecule has 5 heteroatoms. The third kappa shape index (κ3) is 5.14. The van der Waals surface area contributed by atoms with E-state index < -0.39 is 5.41 Å². The van der Waals surface area contributed by atoms with Gasteiger partial charge in [-0.3, -0.25) is 0 Å². The van der Waals surface area contributed by atoms with Gasteiger partial charge in [0.2, 0.25) is 11.8 Å². The maximum atomic E-state index is 5.84. The van der Waals surface area contributed by atoms with E-state index in [2.05, 4.69) is 31.0 Å². The second-order valence-corrected chi connectivity index (χ2v) is 7.01. The van der Waals surface area contributed by atoms with E-state index in [-0.39, 0.29) is 21.1 Å². The Morgan fingerprint density at radius 1 is 0.767 bits per heavy atom. The molecule has 4 nitrogen and oxygen atoms in total. The van der Waals surface area contributed by atoms with Crippen LogP contribution in [-0.2, 0) is 26.5 Å². The number of pyridine rings is 2. The van der Waals surface area contributed by atoms with E-state index in [0.29, 0.717) is 23.3 Å². The van der Waals surface area contributed by atoms with E-state index in [1.54, 1.807) is 6.20 Å². The topological polar surface area (TPSA) is 44.2 Å². The zero-order valence-electron chi connectivity index (χ0n) is 16.6. The molecule has 0 bridgehead atoms. The van der Waals surface area contributed by atoms with Crippen LogP contribution in [0.5, 0.6) is 23.3 Å². The molecule has 0 saturated heterocycles. The van der Waals surface area contributed by atoms with Gasteiger partial charge in [0.05, 0.1) is 5.69 Å². The second kappa shape index (κ2) is 9.69. The molecule has 0 N–H and O–H groups in total. The van der Waals surface area contributed by atoms with Crippen molar-refractivity contribution in [2.45, 2.75) is 19.3 Å². The van der Waals surface area contributed by atoms with Gasteiger partial charge in [-0.15, -0.1) is 29.8 Å². The molecular weight excluding hydrogens is 555 g/mol. The summed E-state index contributed by atoms with van der Waals surface area (Å²) in [5.41, 5.74) is 1.43. The van der Waals surface area contributed by atoms with Crippen molar-refractivity contribution in [1.29, 1.82) is 0 Å². The van der Waals surface area contributed by atoms with Crippen LogP contribution in [-0.4, -0.2) is 9.97 Å². The fourth-order valence-electron chi connectivity index (χ4n) is 2.90. The summed E-state index contributed by atoms with van der Waals surface area (Å²) in [6.07, 6.45) is 1.70. The number of hydrogen-bond donors (Lipinski definition) is 0. The van der Waals surface area contributed by atoms with Crippen LogP contribution in [0.2, 0.25) is 0 Å². The molecule has 0 amide bonds. The van der Waals surface area contributed by atoms with Crippen LogP contribution in [0.3, 0.4) is 0 Å². The zero-order valence-corrected chi connectivity index (χ0v) is 18.9. The molecule has 0 unspecified atom stereocenters. The minimum Gasteiger partial charge on any atom is -0.466 e. The van der Waals surface area contributed by atoms with Crippen molar-refractivity contribution in [3.8, 4) is 23.3 Å². The molecule has 0 fully saturated rings. The number of benzene rings is 2. The number of para-hydroxylation sites is 1. The minimum atomic E-state index is -0.400. The number of nitrogens with zero attached hydrogens (tertiary/aromatic N) is 2. The average Bonchev–Trinajstić information content (AvgIpc) is 2.76. The quantitative estimate of drug-likeness (QED) is 0.265. The van der Waals surface area contributed by atoms with Gasteiger partial charge >= 0.3 is 21.1 Å². The molecule has 0 aliphatic heterocycles. The molecular formula is C25H20N2O2Pt. The largest absolute Gasteiger partial charge is 2.00 e. The fraction of sp³-hybridized carbons (Fsp3) is 0.120. The maximum Gasteiger partial charge on any atom is 2.00 e. The summed E-state index contributed by atoms with van der Waals surface area (Å²) in [5, 5.41) is 0. The van der Waals surface area contributed by atoms with Crippen LogP contribution in [0.1, 0.15) is 25.1 Å². The molecule has 0 atom stereocenters. The molecule has 0 saturated carbocycles. The van der Waals surface area contributed by atoms with Gasteiger partial charge in [0.1, 0.15) is 0 Å². The summed E-state index contributed by atoms with van der Waals surface area (Å²) in [6.45, 7) is 4.20. The first-order valence-electron chi connectivity index (χ1n) is 9.35. The number of hydrogen-bond acceptors (Lipinski definition) is 4. The molecule has 2 aromatic carbocycles. The van der Waals surface area contributed by atoms with Crippen LogP contribution in [0.25, 0.3) is 0 Å². The van der Waals surface area contributed by atoms with Gasteiger partial charge in [0, 0.05) is 35.2 Å². The molecule has 0 spiro atoms. The molecule has 0 radical (unpaired) electrons. The Hall–Kier alpha value is -2.97. The molecule has 152 valence electrons. The van der Waals surface area contributed by atoms with Crippen molar-refractivity contribution in [2.75, 3.05) is 0 Å². The summed E-state index contributed by atoms with van der Waals surface area (Å²) < 4.78 is 11.7. The number of rotatable bonds is 6. The molecule has 2 heterocycles. The third-order valence-electron chi connectivity index (χ3n) is 4.55. The summed E-state index contributed by atoms with van der Waals surface area (Å²) in [4.78, 5) is 8.92. The summed E-state index contributed by atoms with van der Waals surface area (Å²) in [5.74, 6) is 2.30. The van der Waals surface area contributed by atoms with E-state index in [1.807, 2.05) is 78.9 Å². The van der Waals surface area contributed by atoms with Crippen molar-refractivity contribution in [1.82, 2.24) is 9.97 Å². The van der Waals surface area contributed by atoms with Gasteiger partial charge in [-0.1, -0.05) is 26.0 Å². The van der Waals surface area contributed by atoms with Crippen molar-refractivity contribution in [3.05, 3.63) is 108 Å². The third-order valence-corrected chi connectivity index (χ3v) is 4.55. The SMILES string of the molecule is CC(C)(c1[c-]c(Oc2ccccn2)ccc1)c1cccc(Oc2[c-]cccc2)n1.[Pt+2]. The van der Waals surface area contributed by atoms with Crippen molar-refractivity contribution >= 4 is 0 Å². The fourth-order valence-corrected chi connectivity index (χ4v) is 2.90. The molecule has 0 aliphatic carbocycles. The number of aromatic nitrogens is 2. The van der Waals surface area contributed by atoms with Gasteiger partial charge in [0.15, 0.2) is 0 Å². The Morgan fingerprint density at radius 2 is 1.50 bits per heavy atom. The van der Waals surface area contributed by atoms with E-state index in [4.69, 9.17) is 14.5 Å². The molecule has 30 heavy (non-hydrogen) atoms. The van der Waals surface area contributed by atoms with Gasteiger partial charge in [-0.2, -0.15) is 30.3 Å². The summed E-state index contributed by atoms with van der Waals surface area (Å²) in [7, 11) is 0. The van der Waals surface area contributed by atoms with Gasteiger partial charge in [-0.25, -0.2) is 9.97 Å². The second-order valence-electron chi connectivity index (χ2n) is 7.01. The van der Waals surface area contributed by atoms with E-state index >= 15 is 0 Å². The first-order chi connectivity index (χ1) is 14.1. The van der Waals surface area contributed by atoms with Crippen LogP contribution < -0.4 is 9.47 Å². The van der Waals surface area contributed by atoms with Crippen molar-refractivity contribution < 1.29 is 30.5 Å². The average molecular weight is 576 g/mol. The Bertz CT molecular complexity index is 999. The van der Waals surface area contributed by atoms with Gasteiger partial charge < -0.3 is 9.47 Å². The monoisotopic (exact) mass is 575 g/mol. The van der Waals surface area contributed by atoms with Crippen LogP contribution in [0.4, 0.5) is 0 Å². The molecule has 4 rings (SSSR count). The van der Waals surface area contributed by atoms with E-state index in [0.717, 1.165) is 11.3 Å². The van der Waals surface area contributed by atoms with Crippen LogP contribution in [0, 0.1) is 12.1 Å². The van der Waals surface area contributed by atoms with Crippen molar-refractivity contribution in [2.24, 2.45) is 0 Å². The number of ether oxygens (including phenoxy) is 2. The smallest absolute Gasteiger partial charge is 0.466 e.